The molecule has 0 saturated heterocycles. The number of carboxylic acid groups (broad SMARTS) is 2. The quantitative estimate of drug-likeness (QED) is 0.302. The Hall–Kier alpha value is -0.271. The summed E-state index contributed by atoms with van der Waals surface area (Å²) in [5, 5.41) is 16.5. The van der Waals surface area contributed by atoms with Gasteiger partial charge in [-0.15, -0.1) is 0 Å². The summed E-state index contributed by atoms with van der Waals surface area (Å²) >= 11 is 5.78. The molecule has 6 N–H and O–H groups in total. The number of thiol groups is 1. The zero-order chi connectivity index (χ0) is 11.7. The van der Waals surface area contributed by atoms with Crippen LogP contribution < -0.4 is 11.5 Å². The SMILES string of the molecule is NC(CS)C(=O)O.N[C@@H](C[SeH])C(=O)O. The molecular formula is C6H14N2O4SSe. The maximum absolute atomic E-state index is 9.80. The van der Waals surface area contributed by atoms with Crippen LogP contribution in [-0.2, 0) is 9.59 Å². The van der Waals surface area contributed by atoms with Crippen molar-refractivity contribution in [3.8, 4) is 0 Å². The van der Waals surface area contributed by atoms with Gasteiger partial charge in [0, 0.05) is 5.75 Å². The third-order valence-electron chi connectivity index (χ3n) is 1.03. The Bertz CT molecular complexity index is 173. The summed E-state index contributed by atoms with van der Waals surface area (Å²) in [5.74, 6) is -1.76. The molecule has 0 radical (unpaired) electrons. The minimum absolute atomic E-state index is 0.190. The van der Waals surface area contributed by atoms with Crippen molar-refractivity contribution in [1.82, 2.24) is 0 Å². The Labute approximate surface area is 95.3 Å². The van der Waals surface area contributed by atoms with Crippen molar-refractivity contribution < 1.29 is 19.8 Å². The van der Waals surface area contributed by atoms with Crippen LogP contribution in [0.2, 0.25) is 5.32 Å². The Morgan fingerprint density at radius 1 is 1.21 bits per heavy atom. The molecule has 0 heterocycles. The van der Waals surface area contributed by atoms with Crippen LogP contribution in [0.25, 0.3) is 0 Å². The zero-order valence-electron chi connectivity index (χ0n) is 7.33. The summed E-state index contributed by atoms with van der Waals surface area (Å²) in [7, 11) is 0. The molecule has 1 unspecified atom stereocenters. The van der Waals surface area contributed by atoms with Crippen molar-refractivity contribution in [1.29, 1.82) is 0 Å². The summed E-state index contributed by atoms with van der Waals surface area (Å²) in [4.78, 5) is 19.6. The monoisotopic (exact) mass is 290 g/mol. The number of carbonyl (C=O) groups is 2. The van der Waals surface area contributed by atoms with Crippen molar-refractivity contribution in [2.45, 2.75) is 17.4 Å². The second-order valence-corrected chi connectivity index (χ2v) is 3.39. The van der Waals surface area contributed by atoms with E-state index < -0.39 is 24.0 Å². The zero-order valence-corrected chi connectivity index (χ0v) is 10.1. The maximum atomic E-state index is 9.80. The van der Waals surface area contributed by atoms with Crippen LogP contribution in [0.5, 0.6) is 0 Å². The number of carboxylic acids is 2. The van der Waals surface area contributed by atoms with E-state index in [0.717, 1.165) is 0 Å². The molecule has 0 amide bonds. The molecule has 0 saturated carbocycles. The van der Waals surface area contributed by atoms with Gasteiger partial charge in [-0.25, -0.2) is 0 Å². The molecule has 0 fully saturated rings. The van der Waals surface area contributed by atoms with Crippen molar-refractivity contribution in [3.05, 3.63) is 0 Å². The van der Waals surface area contributed by atoms with Crippen LogP contribution in [0.1, 0.15) is 0 Å². The molecule has 0 aliphatic carbocycles. The average Bonchev–Trinajstić information content (AvgIpc) is 2.15. The summed E-state index contributed by atoms with van der Waals surface area (Å²) in [6.45, 7) is 0. The predicted octanol–water partition coefficient (Wildman–Crippen LogP) is -1.95. The first-order chi connectivity index (χ1) is 6.36. The molecule has 6 nitrogen and oxygen atoms in total. The van der Waals surface area contributed by atoms with Gasteiger partial charge in [-0.2, -0.15) is 12.6 Å². The van der Waals surface area contributed by atoms with Crippen LogP contribution in [0.15, 0.2) is 0 Å². The van der Waals surface area contributed by atoms with Crippen molar-refractivity contribution in [2.75, 3.05) is 5.75 Å². The summed E-state index contributed by atoms with van der Waals surface area (Å²) in [6.07, 6.45) is 0. The number of nitrogens with two attached hydrogens (primary N) is 2. The summed E-state index contributed by atoms with van der Waals surface area (Å²) in [6, 6.07) is -1.52. The molecule has 84 valence electrons. The van der Waals surface area contributed by atoms with Gasteiger partial charge in [-0.1, -0.05) is 0 Å². The van der Waals surface area contributed by atoms with Crippen LogP contribution in [0.4, 0.5) is 0 Å². The van der Waals surface area contributed by atoms with E-state index in [4.69, 9.17) is 21.7 Å². The average molecular weight is 289 g/mol. The van der Waals surface area contributed by atoms with E-state index in [1.54, 1.807) is 0 Å². The van der Waals surface area contributed by atoms with Crippen molar-refractivity contribution in [3.63, 3.8) is 0 Å². The summed E-state index contributed by atoms with van der Waals surface area (Å²) < 4.78 is 0. The van der Waals surface area contributed by atoms with Crippen LogP contribution in [0.3, 0.4) is 0 Å². The Morgan fingerprint density at radius 2 is 1.57 bits per heavy atom. The number of hydrogen-bond donors (Lipinski definition) is 5. The van der Waals surface area contributed by atoms with Gasteiger partial charge in [0.15, 0.2) is 0 Å². The molecule has 0 bridgehead atoms. The molecule has 0 aromatic rings. The third kappa shape index (κ3) is 9.81. The normalized spacial score (nSPS) is 13.4. The van der Waals surface area contributed by atoms with E-state index >= 15 is 0 Å². The fourth-order valence-electron chi connectivity index (χ4n) is 0.156. The molecule has 0 aliphatic rings. The predicted molar refractivity (Wildman–Crippen MR) is 57.0 cm³/mol. The molecule has 8 heteroatoms. The first-order valence-corrected chi connectivity index (χ1v) is 5.51. The molecular weight excluding hydrogens is 275 g/mol. The Kier molecular flexibility index (Phi) is 10.7. The fraction of sp³-hybridized carbons (Fsp3) is 0.667. The molecule has 0 aliphatic heterocycles. The van der Waals surface area contributed by atoms with Gasteiger partial charge < -0.3 is 10.8 Å². The fourth-order valence-corrected chi connectivity index (χ4v) is 0.640. The molecule has 0 spiro atoms. The van der Waals surface area contributed by atoms with E-state index in [-0.39, 0.29) is 5.75 Å². The second-order valence-electron chi connectivity index (χ2n) is 2.25. The molecule has 2 atom stereocenters. The second kappa shape index (κ2) is 9.29. The van der Waals surface area contributed by atoms with E-state index in [1.165, 1.54) is 0 Å². The van der Waals surface area contributed by atoms with Gasteiger partial charge in [0.05, 0.1) is 0 Å². The minimum atomic E-state index is -1.00. The first-order valence-electron chi connectivity index (χ1n) is 3.55. The van der Waals surface area contributed by atoms with Crippen LogP contribution in [0, 0.1) is 0 Å². The molecule has 14 heavy (non-hydrogen) atoms. The van der Waals surface area contributed by atoms with Gasteiger partial charge in [-0.3, -0.25) is 4.79 Å². The van der Waals surface area contributed by atoms with E-state index in [1.807, 2.05) is 0 Å². The number of aliphatic carboxylic acids is 2. The van der Waals surface area contributed by atoms with Gasteiger partial charge in [-0.05, 0) is 0 Å². The van der Waals surface area contributed by atoms with Gasteiger partial charge in [0.25, 0.3) is 0 Å². The topological polar surface area (TPSA) is 127 Å². The first kappa shape index (κ1) is 16.2. The van der Waals surface area contributed by atoms with E-state index in [2.05, 4.69) is 28.6 Å². The number of rotatable bonds is 4. The van der Waals surface area contributed by atoms with Gasteiger partial charge >= 0.3 is 54.9 Å². The standard InChI is InChI=1S/C3H7NO2S.C3H7NO2Se/c2*4-2(1-7)3(5)6/h2*2,7H,1,4H2,(H,5,6)/t;2-/m.0/s1. The number of hydrogen-bond acceptors (Lipinski definition) is 5. The molecule has 0 aromatic carbocycles. The van der Waals surface area contributed by atoms with E-state index in [9.17, 15) is 9.59 Å². The third-order valence-corrected chi connectivity index (χ3v) is 2.25. The van der Waals surface area contributed by atoms with Crippen molar-refractivity contribution >= 4 is 40.6 Å². The Balaban J connectivity index is 0. The van der Waals surface area contributed by atoms with Crippen LogP contribution >= 0.6 is 12.6 Å². The molecule has 0 rings (SSSR count). The van der Waals surface area contributed by atoms with E-state index in [0.29, 0.717) is 5.32 Å². The Morgan fingerprint density at radius 3 is 1.57 bits per heavy atom. The van der Waals surface area contributed by atoms with Gasteiger partial charge in [0.1, 0.15) is 6.04 Å². The summed E-state index contributed by atoms with van der Waals surface area (Å²) in [5.41, 5.74) is 9.94. The molecule has 0 aromatic heterocycles. The van der Waals surface area contributed by atoms with Crippen LogP contribution in [-0.4, -0.2) is 56.0 Å². The van der Waals surface area contributed by atoms with Gasteiger partial charge in [0.2, 0.25) is 0 Å². The van der Waals surface area contributed by atoms with Crippen molar-refractivity contribution in [2.24, 2.45) is 11.5 Å².